The SMILES string of the molecule is CCOc1c(Cl)ccc(-c2nc(C(=O)OC)c(Cl)c(S(C)(=O)=O)n2)c1F. The summed E-state index contributed by atoms with van der Waals surface area (Å²) in [5.74, 6) is -2.53. The second kappa shape index (κ2) is 7.73. The largest absolute Gasteiger partial charge is 0.489 e. The predicted octanol–water partition coefficient (Wildman–Crippen LogP) is 3.18. The smallest absolute Gasteiger partial charge is 0.358 e. The molecule has 1 heterocycles. The number of carbonyl (C=O) groups is 1. The van der Waals surface area contributed by atoms with E-state index in [9.17, 15) is 17.6 Å². The van der Waals surface area contributed by atoms with Gasteiger partial charge >= 0.3 is 5.97 Å². The monoisotopic (exact) mass is 422 g/mol. The summed E-state index contributed by atoms with van der Waals surface area (Å²) < 4.78 is 48.3. The Labute approximate surface area is 159 Å². The molecule has 2 aromatic rings. The number of benzene rings is 1. The Balaban J connectivity index is 2.83. The van der Waals surface area contributed by atoms with Crippen LogP contribution >= 0.6 is 23.2 Å². The number of esters is 1. The van der Waals surface area contributed by atoms with E-state index in [0.717, 1.165) is 13.4 Å². The van der Waals surface area contributed by atoms with Gasteiger partial charge in [-0.3, -0.25) is 0 Å². The summed E-state index contributed by atoms with van der Waals surface area (Å²) >= 11 is 11.8. The molecule has 11 heteroatoms. The molecule has 0 atom stereocenters. The van der Waals surface area contributed by atoms with Crippen LogP contribution in [0.5, 0.6) is 5.75 Å². The fraction of sp³-hybridized carbons (Fsp3) is 0.267. The number of methoxy groups -OCH3 is 1. The molecule has 26 heavy (non-hydrogen) atoms. The topological polar surface area (TPSA) is 95.5 Å². The molecule has 0 aliphatic carbocycles. The van der Waals surface area contributed by atoms with Gasteiger partial charge in [-0.1, -0.05) is 23.2 Å². The second-order valence-corrected chi connectivity index (χ2v) is 7.67. The fourth-order valence-electron chi connectivity index (χ4n) is 2.01. The van der Waals surface area contributed by atoms with Crippen LogP contribution in [0, 0.1) is 5.82 Å². The van der Waals surface area contributed by atoms with E-state index in [1.807, 2.05) is 0 Å². The van der Waals surface area contributed by atoms with E-state index in [0.29, 0.717) is 0 Å². The van der Waals surface area contributed by atoms with Crippen molar-refractivity contribution < 1.29 is 27.1 Å². The fourth-order valence-corrected chi connectivity index (χ4v) is 3.46. The van der Waals surface area contributed by atoms with E-state index < -0.39 is 37.4 Å². The zero-order valence-corrected chi connectivity index (χ0v) is 16.2. The Bertz CT molecular complexity index is 982. The number of ether oxygens (including phenoxy) is 2. The lowest BCUT2D eigenvalue weighted by molar-refractivity contribution is 0.0593. The van der Waals surface area contributed by atoms with Gasteiger partial charge in [-0.15, -0.1) is 0 Å². The number of aromatic nitrogens is 2. The van der Waals surface area contributed by atoms with Gasteiger partial charge in [-0.2, -0.15) is 0 Å². The molecule has 2 rings (SSSR count). The minimum Gasteiger partial charge on any atom is -0.489 e. The van der Waals surface area contributed by atoms with Crippen molar-refractivity contribution in [1.82, 2.24) is 9.97 Å². The third-order valence-electron chi connectivity index (χ3n) is 3.13. The Morgan fingerprint density at radius 2 is 1.92 bits per heavy atom. The van der Waals surface area contributed by atoms with Crippen LogP contribution in [0.1, 0.15) is 17.4 Å². The molecule has 7 nitrogen and oxygen atoms in total. The molecule has 0 aliphatic rings. The third-order valence-corrected chi connectivity index (χ3v) is 4.89. The maximum Gasteiger partial charge on any atom is 0.358 e. The molecule has 0 unspecified atom stereocenters. The molecule has 0 fully saturated rings. The van der Waals surface area contributed by atoms with E-state index in [4.69, 9.17) is 27.9 Å². The van der Waals surface area contributed by atoms with Crippen LogP contribution in [0.4, 0.5) is 4.39 Å². The normalized spacial score (nSPS) is 11.3. The molecule has 0 spiro atoms. The molecule has 0 bridgehead atoms. The van der Waals surface area contributed by atoms with Gasteiger partial charge in [0.25, 0.3) is 0 Å². The van der Waals surface area contributed by atoms with Crippen molar-refractivity contribution >= 4 is 39.0 Å². The van der Waals surface area contributed by atoms with Crippen LogP contribution in [0.15, 0.2) is 17.2 Å². The quantitative estimate of drug-likeness (QED) is 0.539. The van der Waals surface area contributed by atoms with Crippen LogP contribution in [0.3, 0.4) is 0 Å². The molecule has 0 saturated carbocycles. The zero-order valence-electron chi connectivity index (χ0n) is 13.8. The van der Waals surface area contributed by atoms with Gasteiger partial charge in [-0.05, 0) is 19.1 Å². The van der Waals surface area contributed by atoms with Crippen LogP contribution < -0.4 is 4.74 Å². The van der Waals surface area contributed by atoms with Gasteiger partial charge in [0.05, 0.1) is 24.3 Å². The first kappa shape index (κ1) is 20.3. The van der Waals surface area contributed by atoms with Gasteiger partial charge in [-0.25, -0.2) is 27.6 Å². The molecule has 140 valence electrons. The highest BCUT2D eigenvalue weighted by atomic mass is 35.5. The first-order valence-electron chi connectivity index (χ1n) is 7.08. The Hall–Kier alpha value is -1.97. The maximum atomic E-state index is 14.8. The number of rotatable bonds is 5. The van der Waals surface area contributed by atoms with Crippen molar-refractivity contribution in [2.75, 3.05) is 20.0 Å². The summed E-state index contributed by atoms with van der Waals surface area (Å²) in [5.41, 5.74) is -0.725. The van der Waals surface area contributed by atoms with Crippen LogP contribution in [0.2, 0.25) is 10.0 Å². The second-order valence-electron chi connectivity index (χ2n) is 4.95. The highest BCUT2D eigenvalue weighted by Crippen LogP contribution is 2.35. The number of nitrogens with zero attached hydrogens (tertiary/aromatic N) is 2. The predicted molar refractivity (Wildman–Crippen MR) is 93.1 cm³/mol. The lowest BCUT2D eigenvalue weighted by atomic mass is 10.1. The number of carbonyl (C=O) groups excluding carboxylic acids is 1. The minimum absolute atomic E-state index is 0.0126. The summed E-state index contributed by atoms with van der Waals surface area (Å²) in [4.78, 5) is 19.5. The summed E-state index contributed by atoms with van der Waals surface area (Å²) in [5, 5.41) is -1.13. The van der Waals surface area contributed by atoms with E-state index in [-0.39, 0.29) is 28.8 Å². The minimum atomic E-state index is -3.94. The standard InChI is InChI=1S/C15H13Cl2FN2O5S/c1-4-25-12-8(16)6-5-7(10(12)18)13-19-11(15(21)24-2)9(17)14(20-13)26(3,22)23/h5-6H,4H2,1-3H3. The first-order valence-corrected chi connectivity index (χ1v) is 9.73. The van der Waals surface area contributed by atoms with Gasteiger partial charge < -0.3 is 9.47 Å². The van der Waals surface area contributed by atoms with Crippen LogP contribution in [-0.4, -0.2) is 44.3 Å². The third kappa shape index (κ3) is 3.89. The van der Waals surface area contributed by atoms with Crippen molar-refractivity contribution in [1.29, 1.82) is 0 Å². The molecule has 1 aromatic heterocycles. The lowest BCUT2D eigenvalue weighted by Crippen LogP contribution is -2.13. The lowest BCUT2D eigenvalue weighted by Gasteiger charge is -2.12. The van der Waals surface area contributed by atoms with Crippen LogP contribution in [-0.2, 0) is 14.6 Å². The molecule has 0 radical (unpaired) electrons. The van der Waals surface area contributed by atoms with Gasteiger partial charge in [0, 0.05) is 6.26 Å². The summed E-state index contributed by atoms with van der Waals surface area (Å²) in [6, 6.07) is 2.57. The Morgan fingerprint density at radius 3 is 2.46 bits per heavy atom. The van der Waals surface area contributed by atoms with E-state index in [2.05, 4.69) is 14.7 Å². The number of hydrogen-bond donors (Lipinski definition) is 0. The molecule has 0 saturated heterocycles. The van der Waals surface area contributed by atoms with Crippen molar-refractivity contribution in [2.24, 2.45) is 0 Å². The molecule has 1 aromatic carbocycles. The molecule has 0 amide bonds. The summed E-state index contributed by atoms with van der Waals surface area (Å²) in [7, 11) is -2.87. The summed E-state index contributed by atoms with van der Waals surface area (Å²) in [6.07, 6.45) is 0.843. The maximum absolute atomic E-state index is 14.8. The van der Waals surface area contributed by atoms with Gasteiger partial charge in [0.1, 0.15) is 5.02 Å². The molecular formula is C15H13Cl2FN2O5S. The van der Waals surface area contributed by atoms with Crippen molar-refractivity contribution in [3.05, 3.63) is 33.7 Å². The number of sulfone groups is 1. The van der Waals surface area contributed by atoms with E-state index >= 15 is 0 Å². The molecule has 0 N–H and O–H groups in total. The molecule has 0 aliphatic heterocycles. The van der Waals surface area contributed by atoms with E-state index in [1.165, 1.54) is 12.1 Å². The van der Waals surface area contributed by atoms with Crippen molar-refractivity contribution in [3.63, 3.8) is 0 Å². The average Bonchev–Trinajstić information content (AvgIpc) is 2.57. The van der Waals surface area contributed by atoms with Gasteiger partial charge in [0.2, 0.25) is 0 Å². The van der Waals surface area contributed by atoms with Crippen molar-refractivity contribution in [3.8, 4) is 17.1 Å². The Morgan fingerprint density at radius 1 is 1.27 bits per heavy atom. The highest BCUT2D eigenvalue weighted by Gasteiger charge is 2.27. The number of halogens is 3. The van der Waals surface area contributed by atoms with Crippen LogP contribution in [0.25, 0.3) is 11.4 Å². The zero-order chi connectivity index (χ0) is 19.6. The van der Waals surface area contributed by atoms with Gasteiger partial charge in [0.15, 0.2) is 37.9 Å². The van der Waals surface area contributed by atoms with E-state index in [1.54, 1.807) is 6.92 Å². The number of hydrogen-bond acceptors (Lipinski definition) is 7. The van der Waals surface area contributed by atoms with Crippen molar-refractivity contribution in [2.45, 2.75) is 11.9 Å². The molecular weight excluding hydrogens is 410 g/mol. The summed E-state index contributed by atoms with van der Waals surface area (Å²) in [6.45, 7) is 1.78. The Kier molecular flexibility index (Phi) is 6.05. The average molecular weight is 423 g/mol. The highest BCUT2D eigenvalue weighted by molar-refractivity contribution is 7.90. The first-order chi connectivity index (χ1) is 12.1.